The molecule has 0 heterocycles. The normalized spacial score (nSPS) is 34.2. The second-order valence-electron chi connectivity index (χ2n) is 41.8. The number of nitrogens with one attached hydrogen (secondary N) is 1. The number of halogens is 2. The Morgan fingerprint density at radius 3 is 1.20 bits per heavy atom. The molecule has 2 aromatic rings. The lowest BCUT2D eigenvalue weighted by atomic mass is 9.61. The fraction of sp³-hybridized carbons (Fsp3) is 0.615. The molecule has 0 amide bonds. The number of alkyl halides is 2. The van der Waals surface area contributed by atoms with E-state index in [1.165, 1.54) is 138 Å². The van der Waals surface area contributed by atoms with Gasteiger partial charge in [0.2, 0.25) is 9.84 Å². The number of hydrogen-bond donors (Lipinski definition) is 5. The van der Waals surface area contributed by atoms with Gasteiger partial charge in [-0.15, -0.1) is 0 Å². The van der Waals surface area contributed by atoms with Gasteiger partial charge in [0.1, 0.15) is 0 Å². The van der Waals surface area contributed by atoms with Gasteiger partial charge in [0.25, 0.3) is 0 Å². The molecule has 0 bridgehead atoms. The zero-order valence-corrected chi connectivity index (χ0v) is 81.8. The molecule has 19 atom stereocenters. The molecule has 0 saturated heterocycles. The molecular weight excluding hydrogens is 1670 g/mol. The molecule has 5 unspecified atom stereocenters. The molecule has 12 nitrogen and oxygen atoms in total. The summed E-state index contributed by atoms with van der Waals surface area (Å²) in [7, 11) is -13.4. The van der Waals surface area contributed by atoms with Crippen LogP contribution in [0.4, 0.5) is 8.78 Å². The Balaban J connectivity index is 0.000000165. The van der Waals surface area contributed by atoms with Crippen LogP contribution < -0.4 is 0 Å². The molecule has 0 aliphatic heterocycles. The maximum Gasteiger partial charge on any atom is 0.345 e. The lowest BCUT2D eigenvalue weighted by Crippen LogP contribution is -2.36. The monoisotopic (exact) mass is 1820 g/mol. The number of allylic oxidation sites excluding steroid dienone is 21. The van der Waals surface area contributed by atoms with Crippen LogP contribution in [-0.4, -0.2) is 104 Å². The first-order valence-electron chi connectivity index (χ1n) is 48.3. The van der Waals surface area contributed by atoms with Gasteiger partial charge >= 0.3 is 5.25 Å². The Labute approximate surface area is 765 Å². The highest BCUT2D eigenvalue weighted by Crippen LogP contribution is 2.63. The minimum absolute atomic E-state index is 0.0640. The molecule has 127 heavy (non-hydrogen) atoms. The summed E-state index contributed by atoms with van der Waals surface area (Å²) in [5.41, 5.74) is 18.9. The lowest BCUT2D eigenvalue weighted by Gasteiger charge is -2.44. The van der Waals surface area contributed by atoms with Crippen molar-refractivity contribution in [3.05, 3.63) is 237 Å². The van der Waals surface area contributed by atoms with E-state index < -0.39 is 50.9 Å². The summed E-state index contributed by atoms with van der Waals surface area (Å²) in [6.07, 6.45) is 58.8. The fourth-order valence-electron chi connectivity index (χ4n) is 25.4. The third-order valence-electron chi connectivity index (χ3n) is 32.9. The smallest absolute Gasteiger partial charge is 0.345 e. The predicted molar refractivity (Wildman–Crippen MR) is 520 cm³/mol. The fourth-order valence-corrected chi connectivity index (χ4v) is 29.2. The van der Waals surface area contributed by atoms with Crippen LogP contribution in [0.5, 0.6) is 0 Å². The summed E-state index contributed by atoms with van der Waals surface area (Å²) < 4.78 is 120. The maximum atomic E-state index is 14.0. The van der Waals surface area contributed by atoms with Crippen molar-refractivity contribution in [2.24, 2.45) is 80.8 Å². The van der Waals surface area contributed by atoms with Crippen molar-refractivity contribution in [3.8, 4) is 0 Å². The number of benzene rings is 2. The first kappa shape index (κ1) is 102. The van der Waals surface area contributed by atoms with Crippen molar-refractivity contribution in [3.63, 3.8) is 0 Å². The van der Waals surface area contributed by atoms with Crippen LogP contribution in [0.15, 0.2) is 247 Å². The molecule has 18 heteroatoms. The Hall–Kier alpha value is -5.96. The number of fused-ring (bicyclic) bond motifs is 4. The minimum atomic E-state index is -4.39. The van der Waals surface area contributed by atoms with Gasteiger partial charge in [0, 0.05) is 35.0 Å². The van der Waals surface area contributed by atoms with E-state index in [1.54, 1.807) is 35.4 Å². The number of sulfone groups is 3. The standard InChI is InChI=1S/C30H43NO2S.C29H40O3S.C25H36F2O3S.C25H36O3S/c1-22-13-16-26(32)21-25(22)15-14-24-10-7-19-30(3)28(17-18-29(24)30)23(2)9-8-20-34(31,33)27-11-5-4-6-12-27;1-21-11-14-25(30)20-24(21)13-12-23-8-7-18-29(3)27(15-16-28(23)29)22(2)17-19-33(31,32)26-9-5-4-6-10-26;1-17-7-10-21(28)16-20(17)9-8-19-6-5-14-24(3)22(11-12-23(19)24)18(2)13-15-25(26,27)31(4,29)30;1-18-9-12-22(26)17-21(18)11-10-20-8-5-15-25(3)23(13-14-24(20)25)19(2)7-6-16-29(4,27)28/h4-6,11-12,14-15,23,26,28-29,31-32H,1,7-10,13,16-21H2,2-3H3;4-6,9-10,12-13,22,25,27-28,30H,1,7-8,11,14-20H2,2-3H3;8-9,11,18,21,23,28H,1,5-7,10,12-16H2,2-4H3;6,10-11,13,16,19,22,24,26H,1,5,7-9,12,14-15,17H2,2-4H3/b24-14+,25-15-;23-12+,24-13-;19-8+,20-9-;16-6+,20-10+,21-11-/t23?,26-,28?,29-,30+,34?;22?,25-,27?,28-,29+;18-,21+,23+,24-;19-,22+,24+,25-/m0011/s1. The van der Waals surface area contributed by atoms with Crippen LogP contribution in [-0.2, 0) is 39.2 Å². The number of hydrogen-bond acceptors (Lipinski definition) is 12. The molecule has 10 saturated carbocycles. The summed E-state index contributed by atoms with van der Waals surface area (Å²) in [4.78, 5) is 1.11. The zero-order valence-electron chi connectivity index (χ0n) is 78.5. The molecular formula is C109H155F2NO11S4. The van der Waals surface area contributed by atoms with E-state index in [9.17, 15) is 58.7 Å². The second kappa shape index (κ2) is 43.4. The first-order valence-corrected chi connectivity index (χ1v) is 55.6. The minimum Gasteiger partial charge on any atom is -0.393 e. The van der Waals surface area contributed by atoms with E-state index in [1.807, 2.05) is 49.4 Å². The maximum absolute atomic E-state index is 14.0. The molecule has 14 rings (SSSR count). The number of rotatable bonds is 24. The van der Waals surface area contributed by atoms with Gasteiger partial charge < -0.3 is 20.4 Å². The summed E-state index contributed by atoms with van der Waals surface area (Å²) in [6, 6.07) is 18.2. The molecule has 12 aliphatic rings. The topological polar surface area (TPSA) is 224 Å². The average Bonchev–Trinajstić information content (AvgIpc) is 1.63. The molecule has 10 fully saturated rings. The quantitative estimate of drug-likeness (QED) is 0.0622. The van der Waals surface area contributed by atoms with E-state index in [-0.39, 0.29) is 58.8 Å². The van der Waals surface area contributed by atoms with E-state index in [0.29, 0.717) is 86.9 Å². The van der Waals surface area contributed by atoms with Gasteiger partial charge in [-0.25, -0.2) is 34.2 Å². The molecule has 0 spiro atoms. The summed E-state index contributed by atoms with van der Waals surface area (Å²) in [5.74, 6) is 5.34. The summed E-state index contributed by atoms with van der Waals surface area (Å²) >= 11 is 0. The highest BCUT2D eigenvalue weighted by molar-refractivity contribution is 7.93. The van der Waals surface area contributed by atoms with Gasteiger partial charge in [-0.2, -0.15) is 8.78 Å². The molecule has 0 aromatic heterocycles. The van der Waals surface area contributed by atoms with E-state index >= 15 is 0 Å². The third-order valence-corrected chi connectivity index (χ3v) is 38.5. The SMILES string of the molecule is C=C1CC[C@H](O)C/C1=C/C=C1\CCC[C@]2(C)C(C(C)CCCS(=N)(=O)c3ccccc3)CC[C@@H]12.C=C1CC[C@H](O)C/C1=C/C=C1\CCC[C@]2(C)C(C(C)CCS(=O)(=O)c3ccccc3)CC[C@@H]12.C=C1CC[C@H](O)C/C1=C/C=C1\CCC[C@]2(C)C([C@H](C)C/C=C/S(C)(=O)=O)=CC[C@@H]12.C=C1CC[C@H](O)C/C1=C/C=C1\CCC[C@]2(C)C([C@H](C)CCC(F)(F)S(C)(=O)=O)=CC[C@@H]12. The van der Waals surface area contributed by atoms with Crippen LogP contribution in [0.1, 0.15) is 287 Å². The van der Waals surface area contributed by atoms with Crippen LogP contribution in [0.2, 0.25) is 0 Å². The van der Waals surface area contributed by atoms with Crippen molar-refractivity contribution in [2.45, 2.75) is 326 Å². The summed E-state index contributed by atoms with van der Waals surface area (Å²) in [5, 5.41) is 37.8. The van der Waals surface area contributed by atoms with Crippen LogP contribution in [0, 0.1) is 85.6 Å². The van der Waals surface area contributed by atoms with Crippen LogP contribution in [0.3, 0.4) is 0 Å². The molecule has 5 N–H and O–H groups in total. The zero-order chi connectivity index (χ0) is 92.2. The third kappa shape index (κ3) is 25.3. The average molecular weight is 1820 g/mol. The van der Waals surface area contributed by atoms with E-state index in [4.69, 9.17) is 4.78 Å². The number of aliphatic hydroxyl groups is 4. The Kier molecular flexibility index (Phi) is 34.7. The van der Waals surface area contributed by atoms with Crippen molar-refractivity contribution in [2.75, 3.05) is 24.0 Å². The van der Waals surface area contributed by atoms with Gasteiger partial charge in [-0.1, -0.05) is 241 Å². The van der Waals surface area contributed by atoms with Crippen LogP contribution in [0.25, 0.3) is 0 Å². The first-order chi connectivity index (χ1) is 59.9. The lowest BCUT2D eigenvalue weighted by molar-refractivity contribution is 0.0756. The Morgan fingerprint density at radius 1 is 0.457 bits per heavy atom. The van der Waals surface area contributed by atoms with E-state index in [2.05, 4.69) is 136 Å². The second-order valence-corrected chi connectivity index (χ2v) is 50.2. The van der Waals surface area contributed by atoms with Crippen molar-refractivity contribution in [1.29, 1.82) is 4.78 Å². The Morgan fingerprint density at radius 2 is 0.819 bits per heavy atom. The van der Waals surface area contributed by atoms with Gasteiger partial charge in [0.05, 0.1) is 44.8 Å². The molecule has 2 aromatic carbocycles. The largest absolute Gasteiger partial charge is 0.393 e. The van der Waals surface area contributed by atoms with Crippen molar-refractivity contribution in [1.82, 2.24) is 0 Å². The van der Waals surface area contributed by atoms with Crippen molar-refractivity contribution >= 4 is 39.2 Å². The highest BCUT2D eigenvalue weighted by Gasteiger charge is 2.54. The van der Waals surface area contributed by atoms with Crippen LogP contribution >= 0.6 is 0 Å². The molecule has 0 radical (unpaired) electrons. The van der Waals surface area contributed by atoms with Gasteiger partial charge in [-0.3, -0.25) is 0 Å². The molecule has 700 valence electrons. The van der Waals surface area contributed by atoms with Gasteiger partial charge in [0.15, 0.2) is 19.7 Å². The van der Waals surface area contributed by atoms with E-state index in [0.717, 1.165) is 152 Å². The predicted octanol–water partition coefficient (Wildman–Crippen LogP) is 26.1. The summed E-state index contributed by atoms with van der Waals surface area (Å²) in [6.45, 7) is 35.2. The number of aliphatic hydroxyl groups excluding tert-OH is 4. The highest BCUT2D eigenvalue weighted by atomic mass is 32.2. The van der Waals surface area contributed by atoms with Gasteiger partial charge in [-0.05, 0) is 352 Å². The Bertz CT molecular complexity index is 5110. The molecule has 12 aliphatic carbocycles. The van der Waals surface area contributed by atoms with Crippen molar-refractivity contribution < 1.29 is 58.7 Å².